The highest BCUT2D eigenvalue weighted by atomic mass is 35.5. The molecule has 0 spiro atoms. The number of hydrogen-bond acceptors (Lipinski definition) is 7. The van der Waals surface area contributed by atoms with Crippen molar-refractivity contribution in [2.45, 2.75) is 17.4 Å². The second kappa shape index (κ2) is 7.75. The van der Waals surface area contributed by atoms with Crippen LogP contribution in [-0.2, 0) is 14.6 Å². The van der Waals surface area contributed by atoms with Crippen LogP contribution in [0.3, 0.4) is 0 Å². The molecule has 156 valence electrons. The number of H-pyrrole nitrogens is 1. The number of benzene rings is 1. The van der Waals surface area contributed by atoms with Crippen LogP contribution >= 0.6 is 11.6 Å². The van der Waals surface area contributed by atoms with Crippen molar-refractivity contribution in [2.75, 3.05) is 24.8 Å². The van der Waals surface area contributed by atoms with Crippen molar-refractivity contribution < 1.29 is 13.2 Å². The van der Waals surface area contributed by atoms with Gasteiger partial charge in [-0.1, -0.05) is 11.6 Å². The molecule has 0 saturated carbocycles. The second-order valence-corrected chi connectivity index (χ2v) is 9.46. The zero-order valence-electron chi connectivity index (χ0n) is 15.9. The van der Waals surface area contributed by atoms with Crippen molar-refractivity contribution >= 4 is 43.8 Å². The third kappa shape index (κ3) is 3.67. The summed E-state index contributed by atoms with van der Waals surface area (Å²) in [6, 6.07) is 8.11. The lowest BCUT2D eigenvalue weighted by molar-refractivity contribution is 0.0359. The van der Waals surface area contributed by atoms with Crippen LogP contribution in [0.2, 0.25) is 5.02 Å². The van der Waals surface area contributed by atoms with Crippen LogP contribution in [0.5, 0.6) is 0 Å². The molecule has 3 aromatic rings. The predicted molar refractivity (Wildman–Crippen MR) is 112 cm³/mol. The number of anilines is 2. The lowest BCUT2D eigenvalue weighted by Gasteiger charge is -2.27. The van der Waals surface area contributed by atoms with Crippen molar-refractivity contribution in [3.63, 3.8) is 0 Å². The van der Waals surface area contributed by atoms with Crippen molar-refractivity contribution in [2.24, 2.45) is 5.92 Å². The number of rotatable bonds is 4. The van der Waals surface area contributed by atoms with E-state index in [2.05, 4.69) is 21.5 Å². The standard InChI is InChI=1S/C19H18ClN5O4S/c1-30(27,28)16-8-12(2-3-13(16)20)23-18-17-14(4-6-22-19(17)26)25(24-18)15-10-29-7-5-11(15)9-21/h2-4,6,8,11,15H,5,7,10H2,1H3,(H,22,26)(H,23,24)/t11-,15+/m1/s1. The highest BCUT2D eigenvalue weighted by Gasteiger charge is 2.30. The Balaban J connectivity index is 1.83. The van der Waals surface area contributed by atoms with E-state index < -0.39 is 9.84 Å². The number of nitrogens with one attached hydrogen (secondary N) is 2. The fourth-order valence-corrected chi connectivity index (χ4v) is 4.86. The maximum Gasteiger partial charge on any atom is 0.261 e. The summed E-state index contributed by atoms with van der Waals surface area (Å²) in [5, 5.41) is 17.5. The number of nitrogens with zero attached hydrogens (tertiary/aromatic N) is 3. The van der Waals surface area contributed by atoms with Gasteiger partial charge in [-0.25, -0.2) is 8.42 Å². The number of aromatic amines is 1. The van der Waals surface area contributed by atoms with Crippen LogP contribution in [-0.4, -0.2) is 42.7 Å². The van der Waals surface area contributed by atoms with E-state index in [0.717, 1.165) is 6.26 Å². The topological polar surface area (TPSA) is 130 Å². The lowest BCUT2D eigenvalue weighted by Crippen LogP contribution is -2.30. The first kappa shape index (κ1) is 20.4. The molecule has 1 saturated heterocycles. The minimum Gasteiger partial charge on any atom is -0.379 e. The molecule has 0 radical (unpaired) electrons. The lowest BCUT2D eigenvalue weighted by atomic mass is 9.96. The van der Waals surface area contributed by atoms with E-state index in [9.17, 15) is 18.5 Å². The van der Waals surface area contributed by atoms with Gasteiger partial charge in [0.1, 0.15) is 5.39 Å². The maximum absolute atomic E-state index is 12.6. The summed E-state index contributed by atoms with van der Waals surface area (Å²) in [5.41, 5.74) is 0.601. The molecule has 1 aliphatic rings. The monoisotopic (exact) mass is 447 g/mol. The largest absolute Gasteiger partial charge is 0.379 e. The predicted octanol–water partition coefficient (Wildman–Crippen LogP) is 2.63. The summed E-state index contributed by atoms with van der Waals surface area (Å²) in [7, 11) is -3.54. The molecular weight excluding hydrogens is 430 g/mol. The fraction of sp³-hybridized carbons (Fsp3) is 0.316. The molecule has 2 aromatic heterocycles. The summed E-state index contributed by atoms with van der Waals surface area (Å²) < 4.78 is 31.1. The zero-order valence-corrected chi connectivity index (χ0v) is 17.5. The molecule has 1 fully saturated rings. The second-order valence-electron chi connectivity index (χ2n) is 7.07. The summed E-state index contributed by atoms with van der Waals surface area (Å²) in [4.78, 5) is 15.1. The summed E-state index contributed by atoms with van der Waals surface area (Å²) in [5.74, 6) is -0.0581. The maximum atomic E-state index is 12.6. The molecule has 2 atom stereocenters. The van der Waals surface area contributed by atoms with Gasteiger partial charge in [0, 0.05) is 24.7 Å². The molecule has 0 aliphatic carbocycles. The molecule has 0 amide bonds. The van der Waals surface area contributed by atoms with Crippen LogP contribution in [0, 0.1) is 17.2 Å². The molecule has 0 unspecified atom stereocenters. The number of nitriles is 1. The summed E-state index contributed by atoms with van der Waals surface area (Å²) in [6.07, 6.45) is 3.16. The third-order valence-electron chi connectivity index (χ3n) is 5.03. The average Bonchev–Trinajstić information content (AvgIpc) is 3.08. The van der Waals surface area contributed by atoms with E-state index in [1.807, 2.05) is 0 Å². The Hall–Kier alpha value is -2.87. The number of hydrogen-bond donors (Lipinski definition) is 2. The molecule has 0 bridgehead atoms. The minimum atomic E-state index is -3.54. The van der Waals surface area contributed by atoms with Crippen molar-refractivity contribution in [1.29, 1.82) is 5.26 Å². The third-order valence-corrected chi connectivity index (χ3v) is 6.61. The molecule has 30 heavy (non-hydrogen) atoms. The van der Waals surface area contributed by atoms with Gasteiger partial charge in [-0.2, -0.15) is 10.4 Å². The molecule has 3 heterocycles. The van der Waals surface area contributed by atoms with Crippen LogP contribution in [0.15, 0.2) is 40.2 Å². The van der Waals surface area contributed by atoms with Crippen molar-refractivity contribution in [3.05, 3.63) is 45.8 Å². The summed E-state index contributed by atoms with van der Waals surface area (Å²) >= 11 is 6.02. The number of aromatic nitrogens is 3. The fourth-order valence-electron chi connectivity index (χ4n) is 3.56. The van der Waals surface area contributed by atoms with E-state index in [4.69, 9.17) is 16.3 Å². The van der Waals surface area contributed by atoms with Crippen LogP contribution in [0.4, 0.5) is 11.5 Å². The summed E-state index contributed by atoms with van der Waals surface area (Å²) in [6.45, 7) is 0.805. The van der Waals surface area contributed by atoms with Crippen LogP contribution < -0.4 is 10.9 Å². The Kier molecular flexibility index (Phi) is 5.27. The van der Waals surface area contributed by atoms with Gasteiger partial charge in [-0.15, -0.1) is 0 Å². The first-order valence-corrected chi connectivity index (χ1v) is 11.4. The Labute approximate surface area is 177 Å². The van der Waals surface area contributed by atoms with E-state index in [0.29, 0.717) is 36.2 Å². The quantitative estimate of drug-likeness (QED) is 0.628. The first-order chi connectivity index (χ1) is 14.3. The van der Waals surface area contributed by atoms with E-state index in [1.54, 1.807) is 16.8 Å². The smallest absolute Gasteiger partial charge is 0.261 e. The van der Waals surface area contributed by atoms with E-state index in [-0.39, 0.29) is 33.3 Å². The Bertz CT molecular complexity index is 1320. The molecular formula is C19H18ClN5O4S. The SMILES string of the molecule is CS(=O)(=O)c1cc(Nc2nn([C@H]3COCC[C@@H]3C#N)c3cc[nH]c(=O)c23)ccc1Cl. The van der Waals surface area contributed by atoms with Crippen molar-refractivity contribution in [3.8, 4) is 6.07 Å². The zero-order chi connectivity index (χ0) is 21.5. The Morgan fingerprint density at radius 2 is 2.20 bits per heavy atom. The van der Waals surface area contributed by atoms with Crippen LogP contribution in [0.25, 0.3) is 10.9 Å². The van der Waals surface area contributed by atoms with Gasteiger partial charge in [0.2, 0.25) is 0 Å². The van der Waals surface area contributed by atoms with Gasteiger partial charge < -0.3 is 15.0 Å². The van der Waals surface area contributed by atoms with Gasteiger partial charge in [-0.3, -0.25) is 9.48 Å². The van der Waals surface area contributed by atoms with Gasteiger partial charge >= 0.3 is 0 Å². The molecule has 9 nitrogen and oxygen atoms in total. The highest BCUT2D eigenvalue weighted by molar-refractivity contribution is 7.90. The van der Waals surface area contributed by atoms with Gasteiger partial charge in [0.25, 0.3) is 5.56 Å². The van der Waals surface area contributed by atoms with Crippen molar-refractivity contribution in [1.82, 2.24) is 14.8 Å². The minimum absolute atomic E-state index is 0.0305. The average molecular weight is 448 g/mol. The first-order valence-electron chi connectivity index (χ1n) is 9.13. The Morgan fingerprint density at radius 3 is 2.93 bits per heavy atom. The molecule has 1 aliphatic heterocycles. The number of fused-ring (bicyclic) bond motifs is 1. The number of pyridine rings is 1. The van der Waals surface area contributed by atoms with Gasteiger partial charge in [-0.05, 0) is 30.7 Å². The molecule has 1 aromatic carbocycles. The molecule has 11 heteroatoms. The van der Waals surface area contributed by atoms with E-state index >= 15 is 0 Å². The van der Waals surface area contributed by atoms with Gasteiger partial charge in [0.05, 0.1) is 40.1 Å². The highest BCUT2D eigenvalue weighted by Crippen LogP contribution is 2.32. The number of sulfone groups is 1. The normalized spacial score (nSPS) is 19.5. The van der Waals surface area contributed by atoms with Crippen LogP contribution in [0.1, 0.15) is 12.5 Å². The number of halogens is 1. The number of ether oxygens (including phenoxy) is 1. The van der Waals surface area contributed by atoms with Gasteiger partial charge in [0.15, 0.2) is 15.7 Å². The molecule has 2 N–H and O–H groups in total. The van der Waals surface area contributed by atoms with E-state index in [1.165, 1.54) is 18.3 Å². The molecule has 4 rings (SSSR count). The Morgan fingerprint density at radius 1 is 1.40 bits per heavy atom.